The molecule has 142 valence electrons. The highest BCUT2D eigenvalue weighted by Crippen LogP contribution is 2.34. The number of benzene rings is 2. The Labute approximate surface area is 155 Å². The Morgan fingerprint density at radius 2 is 1.81 bits per heavy atom. The summed E-state index contributed by atoms with van der Waals surface area (Å²) in [6, 6.07) is 10.4. The Morgan fingerprint density at radius 1 is 1.15 bits per heavy atom. The summed E-state index contributed by atoms with van der Waals surface area (Å²) in [7, 11) is 0. The van der Waals surface area contributed by atoms with Gasteiger partial charge in [0.25, 0.3) is 0 Å². The molecule has 0 radical (unpaired) electrons. The summed E-state index contributed by atoms with van der Waals surface area (Å²) < 4.78 is 33.2. The van der Waals surface area contributed by atoms with Gasteiger partial charge >= 0.3 is 0 Å². The van der Waals surface area contributed by atoms with Crippen LogP contribution in [0.5, 0.6) is 5.75 Å². The molecule has 2 aromatic carbocycles. The van der Waals surface area contributed by atoms with Gasteiger partial charge in [0, 0.05) is 13.0 Å². The number of rotatable bonds is 5. The van der Waals surface area contributed by atoms with E-state index in [1.54, 1.807) is 24.3 Å². The predicted octanol–water partition coefficient (Wildman–Crippen LogP) is 3.74. The lowest BCUT2D eigenvalue weighted by atomic mass is 10.1. The second kappa shape index (κ2) is 7.73. The predicted molar refractivity (Wildman–Crippen MR) is 97.7 cm³/mol. The van der Waals surface area contributed by atoms with E-state index in [9.17, 15) is 18.4 Å². The Kier molecular flexibility index (Phi) is 5.39. The summed E-state index contributed by atoms with van der Waals surface area (Å²) in [4.78, 5) is 26.4. The lowest BCUT2D eigenvalue weighted by Gasteiger charge is -2.21. The van der Waals surface area contributed by atoms with Crippen molar-refractivity contribution in [3.8, 4) is 5.75 Å². The maximum Gasteiger partial charge on any atom is 0.229 e. The first-order valence-corrected chi connectivity index (χ1v) is 8.67. The normalized spacial score (nSPS) is 16.7. The largest absolute Gasteiger partial charge is 0.489 e. The maximum atomic E-state index is 13.7. The average Bonchev–Trinajstić information content (AvgIpc) is 3.00. The summed E-state index contributed by atoms with van der Waals surface area (Å²) in [5, 5.41) is 2.26. The SMILES string of the molecule is CC(C)Oc1ccccc1N1CC(C(=O)Nc2c(F)cccc2F)CC1=O. The van der Waals surface area contributed by atoms with E-state index in [2.05, 4.69) is 5.32 Å². The van der Waals surface area contributed by atoms with Crippen molar-refractivity contribution < 1.29 is 23.1 Å². The standard InChI is InChI=1S/C20H20F2N2O3/c1-12(2)27-17-9-4-3-8-16(17)24-11-13(10-18(24)25)20(26)23-19-14(21)6-5-7-15(19)22/h3-9,12-13H,10-11H2,1-2H3,(H,23,26). The van der Waals surface area contributed by atoms with Crippen LogP contribution in [0.2, 0.25) is 0 Å². The van der Waals surface area contributed by atoms with Gasteiger partial charge in [0.1, 0.15) is 23.1 Å². The molecule has 5 nitrogen and oxygen atoms in total. The zero-order chi connectivity index (χ0) is 19.6. The second-order valence-corrected chi connectivity index (χ2v) is 6.63. The maximum absolute atomic E-state index is 13.7. The van der Waals surface area contributed by atoms with Crippen LogP contribution in [0.1, 0.15) is 20.3 Å². The Balaban J connectivity index is 1.77. The van der Waals surface area contributed by atoms with Crippen molar-refractivity contribution in [3.05, 3.63) is 54.1 Å². The van der Waals surface area contributed by atoms with Crippen molar-refractivity contribution in [2.24, 2.45) is 5.92 Å². The van der Waals surface area contributed by atoms with E-state index in [1.807, 2.05) is 13.8 Å². The minimum Gasteiger partial charge on any atom is -0.489 e. The number of ether oxygens (including phenoxy) is 1. The lowest BCUT2D eigenvalue weighted by molar-refractivity contribution is -0.122. The van der Waals surface area contributed by atoms with Gasteiger partial charge in [-0.1, -0.05) is 18.2 Å². The van der Waals surface area contributed by atoms with Crippen LogP contribution < -0.4 is 15.0 Å². The molecule has 27 heavy (non-hydrogen) atoms. The molecule has 1 aliphatic rings. The molecule has 2 amide bonds. The molecular weight excluding hydrogens is 354 g/mol. The summed E-state index contributed by atoms with van der Waals surface area (Å²) in [6.45, 7) is 3.86. The number of anilines is 2. The number of carbonyl (C=O) groups is 2. The molecule has 0 aliphatic carbocycles. The van der Waals surface area contributed by atoms with Gasteiger partial charge < -0.3 is 15.0 Å². The minimum absolute atomic E-state index is 0.0437. The number of carbonyl (C=O) groups excluding carboxylic acids is 2. The van der Waals surface area contributed by atoms with E-state index >= 15 is 0 Å². The molecule has 1 atom stereocenters. The zero-order valence-electron chi connectivity index (χ0n) is 15.0. The lowest BCUT2D eigenvalue weighted by Crippen LogP contribution is -2.29. The third-order valence-corrected chi connectivity index (χ3v) is 4.23. The monoisotopic (exact) mass is 374 g/mol. The molecule has 7 heteroatoms. The first kappa shape index (κ1) is 18.8. The van der Waals surface area contributed by atoms with Crippen LogP contribution in [0, 0.1) is 17.6 Å². The highest BCUT2D eigenvalue weighted by molar-refractivity contribution is 6.04. The van der Waals surface area contributed by atoms with Gasteiger partial charge in [-0.25, -0.2) is 8.78 Å². The van der Waals surface area contributed by atoms with Crippen LogP contribution >= 0.6 is 0 Å². The van der Waals surface area contributed by atoms with Crippen molar-refractivity contribution in [3.63, 3.8) is 0 Å². The molecule has 0 saturated carbocycles. The summed E-state index contributed by atoms with van der Waals surface area (Å²) in [6.07, 6.45) is -0.121. The van der Waals surface area contributed by atoms with Gasteiger partial charge in [0.2, 0.25) is 11.8 Å². The molecule has 1 heterocycles. The number of hydrogen-bond donors (Lipinski definition) is 1. The molecular formula is C20H20F2N2O3. The summed E-state index contributed by atoms with van der Waals surface area (Å²) >= 11 is 0. The van der Waals surface area contributed by atoms with Crippen LogP contribution in [0.15, 0.2) is 42.5 Å². The number of amides is 2. The van der Waals surface area contributed by atoms with Gasteiger partial charge in [0.15, 0.2) is 0 Å². The molecule has 3 rings (SSSR count). The summed E-state index contributed by atoms with van der Waals surface area (Å²) in [5.41, 5.74) is 0.0699. The van der Waals surface area contributed by atoms with Gasteiger partial charge in [-0.2, -0.15) is 0 Å². The first-order valence-electron chi connectivity index (χ1n) is 8.67. The van der Waals surface area contributed by atoms with E-state index in [1.165, 1.54) is 11.0 Å². The average molecular weight is 374 g/mol. The molecule has 1 N–H and O–H groups in total. The fourth-order valence-electron chi connectivity index (χ4n) is 2.99. The molecule has 2 aromatic rings. The van der Waals surface area contributed by atoms with Gasteiger partial charge in [-0.3, -0.25) is 9.59 Å². The van der Waals surface area contributed by atoms with Crippen molar-refractivity contribution in [1.82, 2.24) is 0 Å². The van der Waals surface area contributed by atoms with Gasteiger partial charge in [0.05, 0.1) is 17.7 Å². The fourth-order valence-corrected chi connectivity index (χ4v) is 2.99. The Morgan fingerprint density at radius 3 is 2.48 bits per heavy atom. The molecule has 1 fully saturated rings. The number of hydrogen-bond acceptors (Lipinski definition) is 3. The van der Waals surface area contributed by atoms with Crippen molar-refractivity contribution in [1.29, 1.82) is 0 Å². The van der Waals surface area contributed by atoms with E-state index < -0.39 is 29.1 Å². The van der Waals surface area contributed by atoms with Gasteiger partial charge in [-0.15, -0.1) is 0 Å². The molecule has 0 bridgehead atoms. The minimum atomic E-state index is -0.861. The van der Waals surface area contributed by atoms with E-state index in [-0.39, 0.29) is 25.0 Å². The van der Waals surface area contributed by atoms with Crippen LogP contribution in [0.25, 0.3) is 0 Å². The highest BCUT2D eigenvalue weighted by atomic mass is 19.1. The number of nitrogens with zero attached hydrogens (tertiary/aromatic N) is 1. The molecule has 1 unspecified atom stereocenters. The fraction of sp³-hybridized carbons (Fsp3) is 0.300. The van der Waals surface area contributed by atoms with Crippen molar-refractivity contribution in [2.45, 2.75) is 26.4 Å². The topological polar surface area (TPSA) is 58.6 Å². The quantitative estimate of drug-likeness (QED) is 0.867. The number of para-hydroxylation sites is 3. The molecule has 0 spiro atoms. The van der Waals surface area contributed by atoms with E-state index in [4.69, 9.17) is 4.74 Å². The molecule has 1 saturated heterocycles. The third kappa shape index (κ3) is 4.07. The van der Waals surface area contributed by atoms with Crippen molar-refractivity contribution in [2.75, 3.05) is 16.8 Å². The van der Waals surface area contributed by atoms with Crippen LogP contribution in [-0.4, -0.2) is 24.5 Å². The second-order valence-electron chi connectivity index (χ2n) is 6.63. The Hall–Kier alpha value is -2.96. The third-order valence-electron chi connectivity index (χ3n) is 4.23. The number of halogens is 2. The smallest absolute Gasteiger partial charge is 0.229 e. The van der Waals surface area contributed by atoms with Crippen LogP contribution in [0.3, 0.4) is 0 Å². The van der Waals surface area contributed by atoms with E-state index in [0.29, 0.717) is 11.4 Å². The number of nitrogens with one attached hydrogen (secondary N) is 1. The van der Waals surface area contributed by atoms with E-state index in [0.717, 1.165) is 12.1 Å². The highest BCUT2D eigenvalue weighted by Gasteiger charge is 2.36. The van der Waals surface area contributed by atoms with Crippen molar-refractivity contribution >= 4 is 23.2 Å². The van der Waals surface area contributed by atoms with Gasteiger partial charge in [-0.05, 0) is 38.1 Å². The molecule has 0 aromatic heterocycles. The Bertz CT molecular complexity index is 850. The first-order chi connectivity index (χ1) is 12.9. The summed E-state index contributed by atoms with van der Waals surface area (Å²) in [5.74, 6) is -2.74. The van der Waals surface area contributed by atoms with Crippen LogP contribution in [0.4, 0.5) is 20.2 Å². The zero-order valence-corrected chi connectivity index (χ0v) is 15.0. The van der Waals surface area contributed by atoms with Crippen LogP contribution in [-0.2, 0) is 9.59 Å². The molecule has 1 aliphatic heterocycles.